The lowest BCUT2D eigenvalue weighted by molar-refractivity contribution is -0.121. The number of nitrogens with two attached hydrogens (primary N) is 1. The maximum absolute atomic E-state index is 11.9. The Morgan fingerprint density at radius 1 is 1.12 bits per heavy atom. The van der Waals surface area contributed by atoms with Crippen molar-refractivity contribution >= 4 is 29.9 Å². The van der Waals surface area contributed by atoms with E-state index in [2.05, 4.69) is 10.6 Å². The summed E-state index contributed by atoms with van der Waals surface area (Å²) in [6.07, 6.45) is 0.224. The van der Waals surface area contributed by atoms with E-state index in [0.29, 0.717) is 24.6 Å². The van der Waals surface area contributed by atoms with Crippen molar-refractivity contribution in [3.05, 3.63) is 60.2 Å². The molecule has 2 rings (SSSR count). The van der Waals surface area contributed by atoms with E-state index in [1.807, 2.05) is 30.3 Å². The molecule has 0 aromatic heterocycles. The van der Waals surface area contributed by atoms with Gasteiger partial charge in [-0.2, -0.15) is 0 Å². The fourth-order valence-electron chi connectivity index (χ4n) is 2.32. The van der Waals surface area contributed by atoms with Gasteiger partial charge in [-0.15, -0.1) is 12.4 Å². The van der Waals surface area contributed by atoms with Gasteiger partial charge in [0.05, 0.1) is 6.54 Å². The summed E-state index contributed by atoms with van der Waals surface area (Å²) in [4.78, 5) is 23.0. The second-order valence-electron chi connectivity index (χ2n) is 5.63. The van der Waals surface area contributed by atoms with E-state index < -0.39 is 0 Å². The molecular formula is C19H24ClN3O3. The minimum Gasteiger partial charge on any atom is -0.492 e. The van der Waals surface area contributed by atoms with Crippen molar-refractivity contribution in [3.8, 4) is 5.75 Å². The Morgan fingerprint density at radius 3 is 2.54 bits per heavy atom. The first-order chi connectivity index (χ1) is 12.0. The van der Waals surface area contributed by atoms with Crippen LogP contribution in [-0.2, 0) is 9.59 Å². The van der Waals surface area contributed by atoms with E-state index in [1.165, 1.54) is 6.92 Å². The Hall–Kier alpha value is -2.57. The van der Waals surface area contributed by atoms with Crippen LogP contribution in [0.4, 0.5) is 5.69 Å². The summed E-state index contributed by atoms with van der Waals surface area (Å²) in [5, 5.41) is 5.48. The van der Waals surface area contributed by atoms with Crippen molar-refractivity contribution in [2.45, 2.75) is 19.4 Å². The lowest BCUT2D eigenvalue weighted by Crippen LogP contribution is -2.30. The Kier molecular flexibility index (Phi) is 9.19. The standard InChI is InChI=1S/C19H23N3O3.ClH/c1-14(23)22-16-8-5-9-17(12-16)25-11-10-21-19(24)13-18(20)15-6-3-2-4-7-15;/h2-9,12,18H,10-11,13,20H2,1H3,(H,21,24)(H,22,23);1H. The van der Waals surface area contributed by atoms with E-state index in [4.69, 9.17) is 10.5 Å². The molecule has 0 aliphatic carbocycles. The van der Waals surface area contributed by atoms with Gasteiger partial charge < -0.3 is 21.1 Å². The summed E-state index contributed by atoms with van der Waals surface area (Å²) in [5.74, 6) is 0.368. The third kappa shape index (κ3) is 7.55. The number of benzene rings is 2. The molecule has 0 bridgehead atoms. The van der Waals surface area contributed by atoms with Gasteiger partial charge in [0.25, 0.3) is 0 Å². The highest BCUT2D eigenvalue weighted by Gasteiger charge is 2.10. The highest BCUT2D eigenvalue weighted by atomic mass is 35.5. The molecule has 2 amide bonds. The van der Waals surface area contributed by atoms with Crippen molar-refractivity contribution in [2.24, 2.45) is 5.73 Å². The van der Waals surface area contributed by atoms with Crippen LogP contribution in [0.1, 0.15) is 24.9 Å². The number of carbonyl (C=O) groups excluding carboxylic acids is 2. The van der Waals surface area contributed by atoms with Crippen LogP contribution in [0, 0.1) is 0 Å². The predicted octanol–water partition coefficient (Wildman–Crippen LogP) is 2.65. The molecule has 0 radical (unpaired) electrons. The zero-order chi connectivity index (χ0) is 18.1. The van der Waals surface area contributed by atoms with E-state index >= 15 is 0 Å². The Labute approximate surface area is 159 Å². The number of carbonyl (C=O) groups is 2. The summed E-state index contributed by atoms with van der Waals surface area (Å²) in [5.41, 5.74) is 7.62. The average Bonchev–Trinajstić information content (AvgIpc) is 2.59. The van der Waals surface area contributed by atoms with Crippen molar-refractivity contribution < 1.29 is 14.3 Å². The second kappa shape index (κ2) is 11.1. The quantitative estimate of drug-likeness (QED) is 0.616. The first-order valence-corrected chi connectivity index (χ1v) is 8.12. The van der Waals surface area contributed by atoms with Gasteiger partial charge in [-0.05, 0) is 17.7 Å². The molecule has 6 nitrogen and oxygen atoms in total. The summed E-state index contributed by atoms with van der Waals surface area (Å²) >= 11 is 0. The number of ether oxygens (including phenoxy) is 1. The first kappa shape index (κ1) is 21.5. The van der Waals surface area contributed by atoms with E-state index in [9.17, 15) is 9.59 Å². The topological polar surface area (TPSA) is 93.5 Å². The van der Waals surface area contributed by atoms with Gasteiger partial charge in [-0.1, -0.05) is 36.4 Å². The van der Waals surface area contributed by atoms with Gasteiger partial charge in [0.2, 0.25) is 11.8 Å². The number of nitrogens with one attached hydrogen (secondary N) is 2. The van der Waals surface area contributed by atoms with E-state index in [1.54, 1.807) is 24.3 Å². The number of hydrogen-bond donors (Lipinski definition) is 3. The number of amides is 2. The predicted molar refractivity (Wildman–Crippen MR) is 104 cm³/mol. The highest BCUT2D eigenvalue weighted by Crippen LogP contribution is 2.17. The molecule has 2 aromatic carbocycles. The van der Waals surface area contributed by atoms with Gasteiger partial charge in [0.15, 0.2) is 0 Å². The molecule has 2 aromatic rings. The maximum Gasteiger partial charge on any atom is 0.222 e. The minimum atomic E-state index is -0.323. The molecule has 4 N–H and O–H groups in total. The fraction of sp³-hybridized carbons (Fsp3) is 0.263. The van der Waals surface area contributed by atoms with Crippen LogP contribution in [0.2, 0.25) is 0 Å². The summed E-state index contributed by atoms with van der Waals surface area (Å²) in [7, 11) is 0. The number of halogens is 1. The van der Waals surface area contributed by atoms with Gasteiger partial charge in [-0.25, -0.2) is 0 Å². The van der Waals surface area contributed by atoms with Crippen molar-refractivity contribution in [1.82, 2.24) is 5.32 Å². The van der Waals surface area contributed by atoms with Crippen LogP contribution in [0.3, 0.4) is 0 Å². The van der Waals surface area contributed by atoms with Crippen LogP contribution in [0.15, 0.2) is 54.6 Å². The van der Waals surface area contributed by atoms with Crippen LogP contribution < -0.4 is 21.1 Å². The largest absolute Gasteiger partial charge is 0.492 e. The summed E-state index contributed by atoms with van der Waals surface area (Å²) < 4.78 is 5.57. The van der Waals surface area contributed by atoms with Crippen LogP contribution in [-0.4, -0.2) is 25.0 Å². The molecule has 7 heteroatoms. The molecule has 0 spiro atoms. The van der Waals surface area contributed by atoms with Gasteiger partial charge in [-0.3, -0.25) is 9.59 Å². The molecule has 0 saturated carbocycles. The number of hydrogen-bond acceptors (Lipinski definition) is 4. The maximum atomic E-state index is 11.9. The van der Waals surface area contributed by atoms with E-state index in [0.717, 1.165) is 5.56 Å². The Morgan fingerprint density at radius 2 is 1.85 bits per heavy atom. The number of rotatable bonds is 8. The lowest BCUT2D eigenvalue weighted by Gasteiger charge is -2.13. The molecule has 1 atom stereocenters. The lowest BCUT2D eigenvalue weighted by atomic mass is 10.0. The summed E-state index contributed by atoms with van der Waals surface area (Å²) in [6.45, 7) is 2.16. The third-order valence-electron chi connectivity index (χ3n) is 3.48. The molecular weight excluding hydrogens is 354 g/mol. The second-order valence-corrected chi connectivity index (χ2v) is 5.63. The van der Waals surface area contributed by atoms with Crippen molar-refractivity contribution in [2.75, 3.05) is 18.5 Å². The van der Waals surface area contributed by atoms with Gasteiger partial charge in [0.1, 0.15) is 12.4 Å². The smallest absolute Gasteiger partial charge is 0.222 e. The highest BCUT2D eigenvalue weighted by molar-refractivity contribution is 5.88. The molecule has 140 valence electrons. The van der Waals surface area contributed by atoms with Crippen molar-refractivity contribution in [1.29, 1.82) is 0 Å². The molecule has 0 fully saturated rings. The monoisotopic (exact) mass is 377 g/mol. The van der Waals surface area contributed by atoms with Gasteiger partial charge in [0, 0.05) is 31.1 Å². The SMILES string of the molecule is CC(=O)Nc1cccc(OCCNC(=O)CC(N)c2ccccc2)c1.Cl. The first-order valence-electron chi connectivity index (χ1n) is 8.12. The Balaban J connectivity index is 0.00000338. The summed E-state index contributed by atoms with van der Waals surface area (Å²) in [6, 6.07) is 16.3. The van der Waals surface area contributed by atoms with E-state index in [-0.39, 0.29) is 36.7 Å². The third-order valence-corrected chi connectivity index (χ3v) is 3.48. The van der Waals surface area contributed by atoms with Crippen molar-refractivity contribution in [3.63, 3.8) is 0 Å². The molecule has 0 aliphatic rings. The zero-order valence-corrected chi connectivity index (χ0v) is 15.4. The van der Waals surface area contributed by atoms with Crippen LogP contribution >= 0.6 is 12.4 Å². The van der Waals surface area contributed by atoms with Gasteiger partial charge >= 0.3 is 0 Å². The molecule has 1 unspecified atom stereocenters. The zero-order valence-electron chi connectivity index (χ0n) is 14.6. The molecule has 26 heavy (non-hydrogen) atoms. The van der Waals surface area contributed by atoms with Crippen LogP contribution in [0.25, 0.3) is 0 Å². The molecule has 0 saturated heterocycles. The average molecular weight is 378 g/mol. The Bertz CT molecular complexity index is 710. The van der Waals surface area contributed by atoms with Crippen LogP contribution in [0.5, 0.6) is 5.75 Å². The molecule has 0 heterocycles. The normalized spacial score (nSPS) is 11.0. The number of anilines is 1. The fourth-order valence-corrected chi connectivity index (χ4v) is 2.32. The minimum absolute atomic E-state index is 0. The molecule has 0 aliphatic heterocycles.